The van der Waals surface area contributed by atoms with Crippen molar-refractivity contribution in [1.82, 2.24) is 4.90 Å². The second kappa shape index (κ2) is 8.72. The summed E-state index contributed by atoms with van der Waals surface area (Å²) in [5.74, 6) is 1.69. The van der Waals surface area contributed by atoms with E-state index in [2.05, 4.69) is 11.8 Å². The van der Waals surface area contributed by atoms with Crippen molar-refractivity contribution in [1.29, 1.82) is 0 Å². The van der Waals surface area contributed by atoms with Crippen molar-refractivity contribution in [3.8, 4) is 0 Å². The third kappa shape index (κ3) is 5.28. The second-order valence-corrected chi connectivity index (χ2v) is 7.11. The molecule has 0 bridgehead atoms. The van der Waals surface area contributed by atoms with Crippen LogP contribution in [0.2, 0.25) is 10.0 Å². The van der Waals surface area contributed by atoms with Gasteiger partial charge >= 0.3 is 0 Å². The molecule has 0 amide bonds. The Balaban J connectivity index is 0.00000200. The fourth-order valence-electron chi connectivity index (χ4n) is 2.37. The number of likely N-dealkylation sites (tertiary alicyclic amines) is 1. The molecule has 0 aliphatic carbocycles. The predicted octanol–water partition coefficient (Wildman–Crippen LogP) is 4.18. The van der Waals surface area contributed by atoms with Crippen LogP contribution in [0.4, 0.5) is 0 Å². The van der Waals surface area contributed by atoms with Gasteiger partial charge in [-0.1, -0.05) is 23.2 Å². The van der Waals surface area contributed by atoms with E-state index in [1.54, 1.807) is 11.8 Å². The maximum atomic E-state index is 6.15. The van der Waals surface area contributed by atoms with Crippen molar-refractivity contribution in [2.45, 2.75) is 24.3 Å². The molecule has 1 aliphatic heterocycles. The molecule has 1 saturated heterocycles. The summed E-state index contributed by atoms with van der Waals surface area (Å²) in [4.78, 5) is 3.55. The normalized spacial score (nSPS) is 20.7. The number of rotatable bonds is 5. The monoisotopic (exact) mass is 354 g/mol. The quantitative estimate of drug-likeness (QED) is 0.804. The standard InChI is InChI=1S/C14H20Cl2N2S.ClH/c1-10(17)11-4-5-18(9-11)6-7-19-14-8-12(15)2-3-13(14)16;/h2-3,8,10-11H,4-7,9,17H2,1H3;1H. The average Bonchev–Trinajstić information content (AvgIpc) is 2.82. The van der Waals surface area contributed by atoms with Crippen LogP contribution in [-0.2, 0) is 0 Å². The van der Waals surface area contributed by atoms with Crippen molar-refractivity contribution in [2.24, 2.45) is 11.7 Å². The fraction of sp³-hybridized carbons (Fsp3) is 0.571. The van der Waals surface area contributed by atoms with Gasteiger partial charge in [-0.25, -0.2) is 0 Å². The Morgan fingerprint density at radius 1 is 1.45 bits per heavy atom. The third-order valence-electron chi connectivity index (χ3n) is 3.61. The van der Waals surface area contributed by atoms with Crippen molar-refractivity contribution >= 4 is 47.4 Å². The Morgan fingerprint density at radius 3 is 2.85 bits per heavy atom. The maximum Gasteiger partial charge on any atom is 0.0542 e. The van der Waals surface area contributed by atoms with E-state index in [0.29, 0.717) is 12.0 Å². The summed E-state index contributed by atoms with van der Waals surface area (Å²) in [5, 5.41) is 1.52. The van der Waals surface area contributed by atoms with Gasteiger partial charge in [-0.2, -0.15) is 0 Å². The molecule has 1 aromatic rings. The van der Waals surface area contributed by atoms with E-state index in [1.165, 1.54) is 6.42 Å². The lowest BCUT2D eigenvalue weighted by Crippen LogP contribution is -2.30. The Morgan fingerprint density at radius 2 is 2.20 bits per heavy atom. The first-order valence-corrected chi connectivity index (χ1v) is 8.36. The molecule has 2 N–H and O–H groups in total. The van der Waals surface area contributed by atoms with Crippen LogP contribution in [0.15, 0.2) is 23.1 Å². The maximum absolute atomic E-state index is 6.15. The van der Waals surface area contributed by atoms with E-state index in [9.17, 15) is 0 Å². The molecule has 0 saturated carbocycles. The van der Waals surface area contributed by atoms with Crippen molar-refractivity contribution < 1.29 is 0 Å². The zero-order valence-corrected chi connectivity index (χ0v) is 14.7. The van der Waals surface area contributed by atoms with Gasteiger partial charge < -0.3 is 10.6 Å². The van der Waals surface area contributed by atoms with Crippen LogP contribution in [0.1, 0.15) is 13.3 Å². The SMILES string of the molecule is CC(N)C1CCN(CCSc2cc(Cl)ccc2Cl)C1.Cl. The Kier molecular flexibility index (Phi) is 8.02. The molecule has 0 aromatic heterocycles. The average molecular weight is 356 g/mol. The predicted molar refractivity (Wildman–Crippen MR) is 92.6 cm³/mol. The number of nitrogens with zero attached hydrogens (tertiary/aromatic N) is 1. The van der Waals surface area contributed by atoms with E-state index in [0.717, 1.165) is 40.3 Å². The summed E-state index contributed by atoms with van der Waals surface area (Å²) in [6.07, 6.45) is 1.22. The van der Waals surface area contributed by atoms with E-state index < -0.39 is 0 Å². The first kappa shape index (κ1) is 18.4. The Bertz CT molecular complexity index is 429. The highest BCUT2D eigenvalue weighted by Gasteiger charge is 2.24. The van der Waals surface area contributed by atoms with Gasteiger partial charge in [0, 0.05) is 34.8 Å². The highest BCUT2D eigenvalue weighted by Crippen LogP contribution is 2.30. The number of hydrogen-bond donors (Lipinski definition) is 1. The summed E-state index contributed by atoms with van der Waals surface area (Å²) in [6, 6.07) is 5.92. The molecule has 0 radical (unpaired) electrons. The molecule has 2 unspecified atom stereocenters. The summed E-state index contributed by atoms with van der Waals surface area (Å²) in [6.45, 7) is 5.48. The molecule has 20 heavy (non-hydrogen) atoms. The van der Waals surface area contributed by atoms with Crippen LogP contribution < -0.4 is 5.73 Å². The smallest absolute Gasteiger partial charge is 0.0542 e. The molecule has 2 atom stereocenters. The molecule has 0 spiro atoms. The molecule has 6 heteroatoms. The topological polar surface area (TPSA) is 29.3 Å². The third-order valence-corrected chi connectivity index (χ3v) is 5.32. The van der Waals surface area contributed by atoms with Crippen LogP contribution in [0.25, 0.3) is 0 Å². The Labute approximate surface area is 141 Å². The molecule has 1 heterocycles. The highest BCUT2D eigenvalue weighted by molar-refractivity contribution is 7.99. The van der Waals surface area contributed by atoms with Gasteiger partial charge in [0.2, 0.25) is 0 Å². The van der Waals surface area contributed by atoms with Crippen LogP contribution in [0.5, 0.6) is 0 Å². The molecule has 2 rings (SSSR count). The summed E-state index contributed by atoms with van der Waals surface area (Å²) in [5.41, 5.74) is 5.95. The van der Waals surface area contributed by atoms with Gasteiger partial charge in [0.25, 0.3) is 0 Å². The molecular formula is C14H21Cl3N2S. The zero-order valence-electron chi connectivity index (χ0n) is 11.5. The molecule has 1 fully saturated rings. The lowest BCUT2D eigenvalue weighted by atomic mass is 10.0. The van der Waals surface area contributed by atoms with E-state index >= 15 is 0 Å². The number of halogens is 3. The summed E-state index contributed by atoms with van der Waals surface area (Å²) in [7, 11) is 0. The second-order valence-electron chi connectivity index (χ2n) is 5.13. The molecule has 114 valence electrons. The van der Waals surface area contributed by atoms with Crippen LogP contribution >= 0.6 is 47.4 Å². The van der Waals surface area contributed by atoms with Gasteiger partial charge in [-0.3, -0.25) is 0 Å². The number of nitrogens with two attached hydrogens (primary N) is 1. The minimum absolute atomic E-state index is 0. The first-order valence-electron chi connectivity index (χ1n) is 6.62. The zero-order chi connectivity index (χ0) is 13.8. The minimum atomic E-state index is 0. The van der Waals surface area contributed by atoms with Gasteiger partial charge in [-0.15, -0.1) is 24.2 Å². The minimum Gasteiger partial charge on any atom is -0.328 e. The Hall–Kier alpha value is 0.360. The van der Waals surface area contributed by atoms with Crippen LogP contribution in [-0.4, -0.2) is 36.3 Å². The van der Waals surface area contributed by atoms with E-state index in [1.807, 2.05) is 18.2 Å². The van der Waals surface area contributed by atoms with Gasteiger partial charge in [0.15, 0.2) is 0 Å². The van der Waals surface area contributed by atoms with E-state index in [-0.39, 0.29) is 12.4 Å². The highest BCUT2D eigenvalue weighted by atomic mass is 35.5. The van der Waals surface area contributed by atoms with Gasteiger partial charge in [0.05, 0.1) is 5.02 Å². The van der Waals surface area contributed by atoms with Crippen molar-refractivity contribution in [2.75, 3.05) is 25.4 Å². The van der Waals surface area contributed by atoms with Gasteiger partial charge in [-0.05, 0) is 44.0 Å². The molecular weight excluding hydrogens is 335 g/mol. The van der Waals surface area contributed by atoms with Crippen molar-refractivity contribution in [3.63, 3.8) is 0 Å². The first-order chi connectivity index (χ1) is 9.06. The van der Waals surface area contributed by atoms with E-state index in [4.69, 9.17) is 28.9 Å². The largest absolute Gasteiger partial charge is 0.328 e. The summed E-state index contributed by atoms with van der Waals surface area (Å²) < 4.78 is 0. The molecule has 1 aromatic carbocycles. The number of thioether (sulfide) groups is 1. The lowest BCUT2D eigenvalue weighted by Gasteiger charge is -2.17. The van der Waals surface area contributed by atoms with Crippen LogP contribution in [0.3, 0.4) is 0 Å². The number of benzene rings is 1. The van der Waals surface area contributed by atoms with Gasteiger partial charge in [0.1, 0.15) is 0 Å². The summed E-state index contributed by atoms with van der Waals surface area (Å²) >= 11 is 13.9. The van der Waals surface area contributed by atoms with Crippen LogP contribution in [0, 0.1) is 5.92 Å². The number of hydrogen-bond acceptors (Lipinski definition) is 3. The van der Waals surface area contributed by atoms with Crippen molar-refractivity contribution in [3.05, 3.63) is 28.2 Å². The fourth-order valence-corrected chi connectivity index (χ4v) is 3.87. The molecule has 1 aliphatic rings. The molecule has 2 nitrogen and oxygen atoms in total. The lowest BCUT2D eigenvalue weighted by molar-refractivity contribution is 0.334.